The number of carbonyl (C=O) groups excluding carboxylic acids is 1. The van der Waals surface area contributed by atoms with Gasteiger partial charge in [-0.15, -0.1) is 24.0 Å². The van der Waals surface area contributed by atoms with E-state index in [1.54, 1.807) is 6.20 Å². The molecule has 1 amide bonds. The molecule has 2 aromatic rings. The normalized spacial score (nSPS) is 13.9. The lowest BCUT2D eigenvalue weighted by molar-refractivity contribution is -0.132. The van der Waals surface area contributed by atoms with Crippen molar-refractivity contribution in [3.63, 3.8) is 0 Å². The molecule has 0 saturated heterocycles. The van der Waals surface area contributed by atoms with E-state index < -0.39 is 0 Å². The molecule has 8 heteroatoms. The number of carbonyl (C=O) groups is 1. The molecule has 0 aliphatic carbocycles. The molecule has 1 aromatic carbocycles. The molecule has 1 aromatic heterocycles. The maximum absolute atomic E-state index is 12.6. The summed E-state index contributed by atoms with van der Waals surface area (Å²) >= 11 is 0. The number of guanidine groups is 1. The van der Waals surface area contributed by atoms with Crippen LogP contribution in [0.3, 0.4) is 0 Å². The summed E-state index contributed by atoms with van der Waals surface area (Å²) in [7, 11) is 0. The van der Waals surface area contributed by atoms with Crippen LogP contribution in [0.15, 0.2) is 39.9 Å². The minimum Gasteiger partial charge on any atom is -0.443 e. The van der Waals surface area contributed by atoms with Crippen molar-refractivity contribution in [2.75, 3.05) is 19.6 Å². The number of amides is 1. The molecule has 0 atom stereocenters. The van der Waals surface area contributed by atoms with E-state index in [1.807, 2.05) is 17.9 Å². The topological polar surface area (TPSA) is 82.8 Å². The highest BCUT2D eigenvalue weighted by atomic mass is 127. The number of aromatic nitrogens is 1. The third-order valence-corrected chi connectivity index (χ3v) is 5.35. The number of rotatable bonds is 7. The van der Waals surface area contributed by atoms with Gasteiger partial charge in [-0.05, 0) is 30.9 Å². The van der Waals surface area contributed by atoms with Crippen LogP contribution >= 0.6 is 24.0 Å². The van der Waals surface area contributed by atoms with Gasteiger partial charge in [0.15, 0.2) is 5.96 Å². The predicted octanol–water partition coefficient (Wildman–Crippen LogP) is 4.01. The van der Waals surface area contributed by atoms with Crippen LogP contribution in [0.5, 0.6) is 0 Å². The quantitative estimate of drug-likeness (QED) is 0.235. The van der Waals surface area contributed by atoms with Gasteiger partial charge in [0.1, 0.15) is 12.3 Å². The van der Waals surface area contributed by atoms with Crippen LogP contribution in [0.25, 0.3) is 0 Å². The van der Waals surface area contributed by atoms with E-state index in [4.69, 9.17) is 4.42 Å². The Kier molecular flexibility index (Phi) is 9.99. The summed E-state index contributed by atoms with van der Waals surface area (Å²) < 4.78 is 5.80. The highest BCUT2D eigenvalue weighted by Crippen LogP contribution is 2.23. The maximum Gasteiger partial charge on any atom is 0.222 e. The van der Waals surface area contributed by atoms with E-state index in [9.17, 15) is 4.79 Å². The zero-order chi connectivity index (χ0) is 22.3. The highest BCUT2D eigenvalue weighted by Gasteiger charge is 2.20. The SMILES string of the molecule is CCNC(=NCc1ncc(C(C)(C)C)o1)NCCCC(=O)N1CCc2ccccc2C1.I. The van der Waals surface area contributed by atoms with Crippen LogP contribution in [0.4, 0.5) is 0 Å². The van der Waals surface area contributed by atoms with Gasteiger partial charge >= 0.3 is 0 Å². The van der Waals surface area contributed by atoms with Gasteiger partial charge in [-0.25, -0.2) is 9.98 Å². The molecule has 7 nitrogen and oxygen atoms in total. The summed E-state index contributed by atoms with van der Waals surface area (Å²) in [6, 6.07) is 8.38. The molecular formula is C24H36IN5O2. The number of hydrogen-bond donors (Lipinski definition) is 2. The predicted molar refractivity (Wildman–Crippen MR) is 138 cm³/mol. The maximum atomic E-state index is 12.6. The van der Waals surface area contributed by atoms with Crippen molar-refractivity contribution >= 4 is 35.8 Å². The second kappa shape index (κ2) is 12.2. The molecule has 0 spiro atoms. The Morgan fingerprint density at radius 3 is 2.66 bits per heavy atom. The number of hydrogen-bond acceptors (Lipinski definition) is 4. The number of halogens is 1. The molecule has 0 saturated carbocycles. The second-order valence-electron chi connectivity index (χ2n) is 8.93. The van der Waals surface area contributed by atoms with Crippen LogP contribution in [0, 0.1) is 0 Å². The van der Waals surface area contributed by atoms with E-state index in [0.717, 1.165) is 38.2 Å². The highest BCUT2D eigenvalue weighted by molar-refractivity contribution is 14.0. The van der Waals surface area contributed by atoms with Crippen molar-refractivity contribution in [3.8, 4) is 0 Å². The van der Waals surface area contributed by atoms with Crippen LogP contribution in [-0.4, -0.2) is 41.4 Å². The van der Waals surface area contributed by atoms with Gasteiger partial charge < -0.3 is 20.0 Å². The van der Waals surface area contributed by atoms with Crippen LogP contribution in [0.2, 0.25) is 0 Å². The van der Waals surface area contributed by atoms with Crippen LogP contribution in [-0.2, 0) is 29.7 Å². The summed E-state index contributed by atoms with van der Waals surface area (Å²) in [5, 5.41) is 6.53. The smallest absolute Gasteiger partial charge is 0.222 e. The van der Waals surface area contributed by atoms with Gasteiger partial charge in [-0.2, -0.15) is 0 Å². The Morgan fingerprint density at radius 2 is 1.97 bits per heavy atom. The van der Waals surface area contributed by atoms with E-state index in [0.29, 0.717) is 31.4 Å². The molecule has 0 radical (unpaired) electrons. The van der Waals surface area contributed by atoms with Gasteiger partial charge in [-0.3, -0.25) is 4.79 Å². The molecule has 1 aliphatic rings. The fraction of sp³-hybridized carbons (Fsp3) is 0.542. The van der Waals surface area contributed by atoms with Gasteiger partial charge in [0.25, 0.3) is 0 Å². The molecule has 1 aliphatic heterocycles. The van der Waals surface area contributed by atoms with Gasteiger partial charge in [-0.1, -0.05) is 45.0 Å². The minimum absolute atomic E-state index is 0. The zero-order valence-electron chi connectivity index (χ0n) is 19.6. The first kappa shape index (κ1) is 26.2. The largest absolute Gasteiger partial charge is 0.443 e. The number of benzene rings is 1. The summed E-state index contributed by atoms with van der Waals surface area (Å²) in [6.45, 7) is 11.6. The molecule has 0 bridgehead atoms. The Balaban J connectivity index is 0.00000363. The molecule has 3 rings (SSSR count). The Labute approximate surface area is 208 Å². The first-order valence-electron chi connectivity index (χ1n) is 11.2. The summed E-state index contributed by atoms with van der Waals surface area (Å²) in [6.07, 6.45) is 4.00. The molecular weight excluding hydrogens is 517 g/mol. The van der Waals surface area contributed by atoms with E-state index in [-0.39, 0.29) is 35.3 Å². The molecule has 176 valence electrons. The fourth-order valence-electron chi connectivity index (χ4n) is 3.53. The lowest BCUT2D eigenvalue weighted by atomic mass is 9.94. The lowest BCUT2D eigenvalue weighted by Gasteiger charge is -2.29. The van der Waals surface area contributed by atoms with Crippen molar-refractivity contribution < 1.29 is 9.21 Å². The third-order valence-electron chi connectivity index (χ3n) is 5.35. The standard InChI is InChI=1S/C24H35N5O2.HI/c1-5-25-23(28-16-21-27-15-20(31-21)24(2,3)4)26-13-8-11-22(30)29-14-12-18-9-6-7-10-19(18)17-29;/h6-7,9-10,15H,5,8,11-14,16-17H2,1-4H3,(H2,25,26,28);1H. The number of nitrogens with one attached hydrogen (secondary N) is 2. The monoisotopic (exact) mass is 553 g/mol. The van der Waals surface area contributed by atoms with Gasteiger partial charge in [0.05, 0.1) is 6.20 Å². The summed E-state index contributed by atoms with van der Waals surface area (Å²) in [5.74, 6) is 2.38. The number of oxazole rings is 1. The van der Waals surface area contributed by atoms with E-state index >= 15 is 0 Å². The zero-order valence-corrected chi connectivity index (χ0v) is 21.9. The summed E-state index contributed by atoms with van der Waals surface area (Å²) in [5.41, 5.74) is 2.56. The minimum atomic E-state index is -0.0688. The summed E-state index contributed by atoms with van der Waals surface area (Å²) in [4.78, 5) is 23.4. The number of aliphatic imine (C=N–C) groups is 1. The van der Waals surface area contributed by atoms with E-state index in [1.165, 1.54) is 11.1 Å². The molecule has 0 fully saturated rings. The number of nitrogens with zero attached hydrogens (tertiary/aromatic N) is 3. The average Bonchev–Trinajstić information content (AvgIpc) is 3.24. The Bertz CT molecular complexity index is 904. The molecule has 32 heavy (non-hydrogen) atoms. The fourth-order valence-corrected chi connectivity index (χ4v) is 3.53. The first-order valence-corrected chi connectivity index (χ1v) is 11.2. The average molecular weight is 553 g/mol. The van der Waals surface area contributed by atoms with E-state index in [2.05, 4.69) is 59.6 Å². The van der Waals surface area contributed by atoms with Gasteiger partial charge in [0.2, 0.25) is 11.8 Å². The van der Waals surface area contributed by atoms with Crippen molar-refractivity contribution in [1.82, 2.24) is 20.5 Å². The van der Waals surface area contributed by atoms with Crippen molar-refractivity contribution in [2.45, 2.75) is 65.5 Å². The van der Waals surface area contributed by atoms with Crippen LogP contribution < -0.4 is 10.6 Å². The Morgan fingerprint density at radius 1 is 1.22 bits per heavy atom. The molecule has 0 unspecified atom stereocenters. The Hall–Kier alpha value is -2.10. The first-order chi connectivity index (χ1) is 14.9. The van der Waals surface area contributed by atoms with Gasteiger partial charge in [0, 0.05) is 38.0 Å². The number of fused-ring (bicyclic) bond motifs is 1. The van der Waals surface area contributed by atoms with Crippen molar-refractivity contribution in [3.05, 3.63) is 53.2 Å². The second-order valence-corrected chi connectivity index (χ2v) is 8.93. The third kappa shape index (κ3) is 7.50. The van der Waals surface area contributed by atoms with Crippen LogP contribution in [0.1, 0.15) is 63.3 Å². The van der Waals surface area contributed by atoms with Crippen molar-refractivity contribution in [1.29, 1.82) is 0 Å². The van der Waals surface area contributed by atoms with Crippen molar-refractivity contribution in [2.24, 2.45) is 4.99 Å². The molecule has 2 heterocycles. The molecule has 2 N–H and O–H groups in total. The lowest BCUT2D eigenvalue weighted by Crippen LogP contribution is -2.39.